The zero-order chi connectivity index (χ0) is 14.7. The highest BCUT2D eigenvalue weighted by Gasteiger charge is 2.28. The number of pyridine rings is 1. The Morgan fingerprint density at radius 1 is 1.33 bits per heavy atom. The van der Waals surface area contributed by atoms with Crippen LogP contribution < -0.4 is 10.1 Å². The van der Waals surface area contributed by atoms with Gasteiger partial charge in [0.1, 0.15) is 11.3 Å². The third kappa shape index (κ3) is 3.17. The number of benzene rings is 1. The number of hydrogen-bond acceptors (Lipinski definition) is 4. The lowest BCUT2D eigenvalue weighted by Crippen LogP contribution is -2.36. The molecule has 112 valence electrons. The van der Waals surface area contributed by atoms with E-state index in [9.17, 15) is 0 Å². The number of nitrogens with one attached hydrogen (secondary N) is 1. The summed E-state index contributed by atoms with van der Waals surface area (Å²) in [5.74, 6) is 0.820. The van der Waals surface area contributed by atoms with Gasteiger partial charge in [-0.25, -0.2) is 4.98 Å². The van der Waals surface area contributed by atoms with Gasteiger partial charge in [-0.2, -0.15) is 0 Å². The Kier molecular flexibility index (Phi) is 4.08. The van der Waals surface area contributed by atoms with Gasteiger partial charge >= 0.3 is 0 Å². The molecule has 1 aliphatic rings. The number of para-hydroxylation sites is 1. The lowest BCUT2D eigenvalue weighted by Gasteiger charge is -2.23. The normalized spacial score (nSPS) is 21.8. The van der Waals surface area contributed by atoms with Crippen LogP contribution in [0.2, 0.25) is 0 Å². The van der Waals surface area contributed by atoms with Crippen molar-refractivity contribution in [3.63, 3.8) is 0 Å². The molecule has 4 nitrogen and oxygen atoms in total. The van der Waals surface area contributed by atoms with Crippen LogP contribution in [0.1, 0.15) is 25.5 Å². The van der Waals surface area contributed by atoms with Crippen LogP contribution in [0.5, 0.6) is 5.75 Å². The number of fused-ring (bicyclic) bond motifs is 1. The zero-order valence-electron chi connectivity index (χ0n) is 12.7. The molecule has 2 aromatic rings. The van der Waals surface area contributed by atoms with E-state index in [1.165, 1.54) is 0 Å². The Morgan fingerprint density at radius 3 is 3.00 bits per heavy atom. The molecule has 3 rings (SSSR count). The monoisotopic (exact) mass is 286 g/mol. The summed E-state index contributed by atoms with van der Waals surface area (Å²) in [6.45, 7) is 4.65. The van der Waals surface area contributed by atoms with Crippen LogP contribution in [0.25, 0.3) is 10.9 Å². The molecular formula is C17H22N2O2. The first-order valence-corrected chi connectivity index (χ1v) is 7.47. The van der Waals surface area contributed by atoms with Crippen molar-refractivity contribution in [2.24, 2.45) is 0 Å². The highest BCUT2D eigenvalue weighted by molar-refractivity contribution is 5.84. The van der Waals surface area contributed by atoms with Gasteiger partial charge in [0.05, 0.1) is 18.4 Å². The van der Waals surface area contributed by atoms with Crippen LogP contribution in [-0.4, -0.2) is 30.8 Å². The van der Waals surface area contributed by atoms with Gasteiger partial charge in [-0.1, -0.05) is 18.2 Å². The van der Waals surface area contributed by atoms with Crippen molar-refractivity contribution in [2.45, 2.75) is 31.9 Å². The second kappa shape index (κ2) is 6.00. The van der Waals surface area contributed by atoms with Gasteiger partial charge < -0.3 is 14.8 Å². The second-order valence-electron chi connectivity index (χ2n) is 5.84. The Bertz CT molecular complexity index is 621. The predicted octanol–water partition coefficient (Wildman–Crippen LogP) is 2.90. The first-order valence-electron chi connectivity index (χ1n) is 7.47. The number of hydrogen-bond donors (Lipinski definition) is 1. The molecule has 0 bridgehead atoms. The highest BCUT2D eigenvalue weighted by Crippen LogP contribution is 2.25. The third-order valence-corrected chi connectivity index (χ3v) is 4.07. The molecule has 0 radical (unpaired) electrons. The molecule has 1 saturated heterocycles. The number of nitrogens with zero attached hydrogens (tertiary/aromatic N) is 1. The largest absolute Gasteiger partial charge is 0.494 e. The smallest absolute Gasteiger partial charge is 0.145 e. The second-order valence-corrected chi connectivity index (χ2v) is 5.84. The van der Waals surface area contributed by atoms with E-state index in [1.54, 1.807) is 7.11 Å². The zero-order valence-corrected chi connectivity index (χ0v) is 12.7. The molecule has 0 saturated carbocycles. The number of rotatable bonds is 5. The molecule has 21 heavy (non-hydrogen) atoms. The minimum atomic E-state index is -0.0193. The SMILES string of the molecule is COc1cccc2ccc(CNCC3(C)CCCO3)nc12. The van der Waals surface area contributed by atoms with Gasteiger partial charge in [0.15, 0.2) is 0 Å². The predicted molar refractivity (Wildman–Crippen MR) is 83.6 cm³/mol. The molecule has 1 aromatic carbocycles. The lowest BCUT2D eigenvalue weighted by molar-refractivity contribution is 0.0206. The summed E-state index contributed by atoms with van der Waals surface area (Å²) in [5, 5.41) is 4.56. The maximum Gasteiger partial charge on any atom is 0.145 e. The molecule has 0 spiro atoms. The van der Waals surface area contributed by atoms with Gasteiger partial charge in [-0.3, -0.25) is 0 Å². The molecule has 4 heteroatoms. The fourth-order valence-electron chi connectivity index (χ4n) is 2.85. The van der Waals surface area contributed by atoms with Crippen LogP contribution >= 0.6 is 0 Å². The molecule has 2 heterocycles. The highest BCUT2D eigenvalue weighted by atomic mass is 16.5. The Morgan fingerprint density at radius 2 is 2.24 bits per heavy atom. The minimum absolute atomic E-state index is 0.0193. The molecule has 1 aromatic heterocycles. The summed E-state index contributed by atoms with van der Waals surface area (Å²) < 4.78 is 11.2. The minimum Gasteiger partial charge on any atom is -0.494 e. The number of methoxy groups -OCH3 is 1. The number of ether oxygens (including phenoxy) is 2. The molecule has 1 aliphatic heterocycles. The van der Waals surface area contributed by atoms with Gasteiger partial charge in [0.2, 0.25) is 0 Å². The fourth-order valence-corrected chi connectivity index (χ4v) is 2.85. The Labute approximate surface area is 125 Å². The summed E-state index contributed by atoms with van der Waals surface area (Å²) in [7, 11) is 1.68. The average Bonchev–Trinajstić information content (AvgIpc) is 2.93. The van der Waals surface area contributed by atoms with Crippen LogP contribution in [0.15, 0.2) is 30.3 Å². The maximum absolute atomic E-state index is 5.78. The molecule has 0 aliphatic carbocycles. The quantitative estimate of drug-likeness (QED) is 0.918. The summed E-state index contributed by atoms with van der Waals surface area (Å²) in [6, 6.07) is 10.1. The first kappa shape index (κ1) is 14.3. The Hall–Kier alpha value is -1.65. The van der Waals surface area contributed by atoms with Crippen LogP contribution in [0.4, 0.5) is 0 Å². The summed E-state index contributed by atoms with van der Waals surface area (Å²) in [6.07, 6.45) is 2.28. The number of aromatic nitrogens is 1. The molecule has 0 amide bonds. The summed E-state index contributed by atoms with van der Waals surface area (Å²) in [4.78, 5) is 4.70. The van der Waals surface area contributed by atoms with Crippen molar-refractivity contribution >= 4 is 10.9 Å². The molecular weight excluding hydrogens is 264 g/mol. The standard InChI is InChI=1S/C17H22N2O2/c1-17(9-4-10-21-17)12-18-11-14-8-7-13-5-3-6-15(20-2)16(13)19-14/h3,5-8,18H,4,9-12H2,1-2H3. The van der Waals surface area contributed by atoms with E-state index in [1.807, 2.05) is 12.1 Å². The summed E-state index contributed by atoms with van der Waals surface area (Å²) >= 11 is 0. The molecule has 1 atom stereocenters. The van der Waals surface area contributed by atoms with Gasteiger partial charge in [0, 0.05) is 25.1 Å². The maximum atomic E-state index is 5.78. The van der Waals surface area contributed by atoms with Crippen molar-refractivity contribution in [1.29, 1.82) is 0 Å². The van der Waals surface area contributed by atoms with Crippen molar-refractivity contribution in [2.75, 3.05) is 20.3 Å². The van der Waals surface area contributed by atoms with Crippen molar-refractivity contribution in [1.82, 2.24) is 10.3 Å². The fraction of sp³-hybridized carbons (Fsp3) is 0.471. The van der Waals surface area contributed by atoms with E-state index in [2.05, 4.69) is 30.4 Å². The van der Waals surface area contributed by atoms with Crippen LogP contribution in [0.3, 0.4) is 0 Å². The first-order chi connectivity index (χ1) is 10.2. The van der Waals surface area contributed by atoms with E-state index < -0.39 is 0 Å². The molecule has 1 fully saturated rings. The van der Waals surface area contributed by atoms with Crippen molar-refractivity contribution < 1.29 is 9.47 Å². The van der Waals surface area contributed by atoms with E-state index in [4.69, 9.17) is 14.5 Å². The van der Waals surface area contributed by atoms with E-state index in [-0.39, 0.29) is 5.60 Å². The van der Waals surface area contributed by atoms with Crippen LogP contribution in [0, 0.1) is 0 Å². The molecule has 1 unspecified atom stereocenters. The lowest BCUT2D eigenvalue weighted by atomic mass is 10.0. The average molecular weight is 286 g/mol. The van der Waals surface area contributed by atoms with E-state index in [0.29, 0.717) is 0 Å². The Balaban J connectivity index is 1.69. The third-order valence-electron chi connectivity index (χ3n) is 4.07. The van der Waals surface area contributed by atoms with Crippen molar-refractivity contribution in [3.8, 4) is 5.75 Å². The van der Waals surface area contributed by atoms with E-state index >= 15 is 0 Å². The van der Waals surface area contributed by atoms with Gasteiger partial charge in [-0.15, -0.1) is 0 Å². The van der Waals surface area contributed by atoms with E-state index in [0.717, 1.165) is 54.9 Å². The van der Waals surface area contributed by atoms with Crippen molar-refractivity contribution in [3.05, 3.63) is 36.0 Å². The molecule has 1 N–H and O–H groups in total. The van der Waals surface area contributed by atoms with Crippen LogP contribution in [-0.2, 0) is 11.3 Å². The summed E-state index contributed by atoms with van der Waals surface area (Å²) in [5.41, 5.74) is 1.92. The topological polar surface area (TPSA) is 43.4 Å². The van der Waals surface area contributed by atoms with Gasteiger partial charge in [-0.05, 0) is 31.9 Å². The van der Waals surface area contributed by atoms with Gasteiger partial charge in [0.25, 0.3) is 0 Å².